The lowest BCUT2D eigenvalue weighted by Crippen LogP contribution is -2.40. The highest BCUT2D eigenvalue weighted by Gasteiger charge is 2.32. The summed E-state index contributed by atoms with van der Waals surface area (Å²) in [4.78, 5) is 26.4. The monoisotopic (exact) mass is 419 g/mol. The zero-order valence-corrected chi connectivity index (χ0v) is 17.2. The highest BCUT2D eigenvalue weighted by atomic mass is 16.5. The lowest BCUT2D eigenvalue weighted by atomic mass is 10.1. The Morgan fingerprint density at radius 2 is 1.61 bits per heavy atom. The van der Waals surface area contributed by atoms with Gasteiger partial charge in [-0.3, -0.25) is 19.7 Å². The van der Waals surface area contributed by atoms with Gasteiger partial charge in [-0.2, -0.15) is 0 Å². The van der Waals surface area contributed by atoms with Gasteiger partial charge in [-0.25, -0.2) is 5.06 Å². The average molecular weight is 419 g/mol. The van der Waals surface area contributed by atoms with E-state index in [9.17, 15) is 14.8 Å². The smallest absolute Gasteiger partial charge is 0.268 e. The van der Waals surface area contributed by atoms with E-state index >= 15 is 0 Å². The van der Waals surface area contributed by atoms with Crippen LogP contribution in [0.25, 0.3) is 0 Å². The van der Waals surface area contributed by atoms with Crippen LogP contribution in [0.2, 0.25) is 0 Å². The van der Waals surface area contributed by atoms with E-state index in [0.717, 1.165) is 44.0 Å². The Hall–Kier alpha value is -3.18. The van der Waals surface area contributed by atoms with Crippen molar-refractivity contribution in [3.05, 3.63) is 70.8 Å². The number of hydrogen-bond donors (Lipinski definition) is 2. The molecular formula is C24H25N3O4. The summed E-state index contributed by atoms with van der Waals surface area (Å²) < 4.78 is 5.38. The third kappa shape index (κ3) is 5.50. The molecule has 0 bridgehead atoms. The van der Waals surface area contributed by atoms with E-state index in [2.05, 4.69) is 34.2 Å². The van der Waals surface area contributed by atoms with Crippen molar-refractivity contribution in [2.24, 2.45) is 0 Å². The van der Waals surface area contributed by atoms with Crippen molar-refractivity contribution < 1.29 is 19.5 Å². The first-order valence-corrected chi connectivity index (χ1v) is 10.4. The van der Waals surface area contributed by atoms with Crippen molar-refractivity contribution in [2.45, 2.75) is 19.0 Å². The number of rotatable bonds is 4. The molecule has 4 rings (SSSR count). The third-order valence-corrected chi connectivity index (χ3v) is 5.45. The predicted octanol–water partition coefficient (Wildman–Crippen LogP) is 1.64. The van der Waals surface area contributed by atoms with Gasteiger partial charge in [0, 0.05) is 36.3 Å². The first kappa shape index (κ1) is 21.1. The molecule has 1 atom stereocenters. The number of ether oxygens (including phenoxy) is 1. The molecule has 2 saturated heterocycles. The third-order valence-electron chi connectivity index (χ3n) is 5.45. The predicted molar refractivity (Wildman–Crippen MR) is 114 cm³/mol. The van der Waals surface area contributed by atoms with Crippen LogP contribution in [0.1, 0.15) is 33.5 Å². The molecule has 2 N–H and O–H groups in total. The molecule has 1 unspecified atom stereocenters. The standard InChI is InChI=1S/C24H25N3O4/c28-23(25-22-11-12-27(30)24(22)29)21-9-7-19(8-10-21)2-1-18-3-5-20(6-4-18)17-26-13-15-31-16-14-26/h3-10,22,30H,11-17H2,(H,25,28). The van der Waals surface area contributed by atoms with E-state index in [4.69, 9.17) is 4.74 Å². The molecule has 2 fully saturated rings. The Morgan fingerprint density at radius 3 is 2.19 bits per heavy atom. The number of hydroxylamine groups is 2. The summed E-state index contributed by atoms with van der Waals surface area (Å²) in [5, 5.41) is 12.6. The summed E-state index contributed by atoms with van der Waals surface area (Å²) >= 11 is 0. The topological polar surface area (TPSA) is 82.1 Å². The van der Waals surface area contributed by atoms with Gasteiger partial charge in [0.1, 0.15) is 6.04 Å². The molecule has 7 nitrogen and oxygen atoms in total. The summed E-state index contributed by atoms with van der Waals surface area (Å²) in [6.07, 6.45) is 0.399. The van der Waals surface area contributed by atoms with Crippen LogP contribution in [0.4, 0.5) is 0 Å². The summed E-state index contributed by atoms with van der Waals surface area (Å²) in [7, 11) is 0. The lowest BCUT2D eigenvalue weighted by molar-refractivity contribution is -0.158. The fourth-order valence-electron chi connectivity index (χ4n) is 3.60. The fourth-order valence-corrected chi connectivity index (χ4v) is 3.60. The molecule has 0 aliphatic carbocycles. The zero-order valence-electron chi connectivity index (χ0n) is 17.2. The maximum absolute atomic E-state index is 12.3. The first-order valence-electron chi connectivity index (χ1n) is 10.4. The minimum Gasteiger partial charge on any atom is -0.379 e. The molecule has 2 aliphatic rings. The molecule has 7 heteroatoms. The molecule has 2 heterocycles. The molecule has 0 saturated carbocycles. The second-order valence-electron chi connectivity index (χ2n) is 7.69. The lowest BCUT2D eigenvalue weighted by Gasteiger charge is -2.26. The molecule has 2 aromatic rings. The molecule has 0 radical (unpaired) electrons. The van der Waals surface area contributed by atoms with E-state index in [1.807, 2.05) is 12.1 Å². The van der Waals surface area contributed by atoms with Crippen molar-refractivity contribution in [1.82, 2.24) is 15.3 Å². The number of hydrogen-bond acceptors (Lipinski definition) is 5. The summed E-state index contributed by atoms with van der Waals surface area (Å²) in [5.41, 5.74) is 3.43. The molecule has 2 amide bonds. The number of amides is 2. The van der Waals surface area contributed by atoms with E-state index < -0.39 is 11.9 Å². The van der Waals surface area contributed by atoms with Crippen LogP contribution in [0.15, 0.2) is 48.5 Å². The van der Waals surface area contributed by atoms with Gasteiger partial charge >= 0.3 is 0 Å². The van der Waals surface area contributed by atoms with Gasteiger partial charge in [0.2, 0.25) is 0 Å². The normalized spacial score (nSPS) is 19.1. The van der Waals surface area contributed by atoms with Gasteiger partial charge < -0.3 is 10.1 Å². The number of benzene rings is 2. The number of carbonyl (C=O) groups is 2. The van der Waals surface area contributed by atoms with E-state index in [1.165, 1.54) is 5.56 Å². The zero-order chi connectivity index (χ0) is 21.6. The SMILES string of the molecule is O=C(NC1CCN(O)C1=O)c1ccc(C#Cc2ccc(CN3CCOCC3)cc2)cc1. The van der Waals surface area contributed by atoms with Crippen LogP contribution < -0.4 is 5.32 Å². The molecule has 160 valence electrons. The minimum absolute atomic E-state index is 0.229. The molecule has 0 aromatic heterocycles. The molecule has 2 aromatic carbocycles. The van der Waals surface area contributed by atoms with E-state index in [1.54, 1.807) is 24.3 Å². The van der Waals surface area contributed by atoms with Crippen molar-refractivity contribution >= 4 is 11.8 Å². The highest BCUT2D eigenvalue weighted by molar-refractivity contribution is 5.97. The second-order valence-corrected chi connectivity index (χ2v) is 7.69. The Bertz CT molecular complexity index is 986. The van der Waals surface area contributed by atoms with E-state index in [-0.39, 0.29) is 12.5 Å². The van der Waals surface area contributed by atoms with Gasteiger partial charge in [0.05, 0.1) is 19.8 Å². The molecular weight excluding hydrogens is 394 g/mol. The van der Waals surface area contributed by atoms with Gasteiger partial charge in [-0.1, -0.05) is 24.0 Å². The van der Waals surface area contributed by atoms with Crippen LogP contribution in [0.5, 0.6) is 0 Å². The Balaban J connectivity index is 1.33. The van der Waals surface area contributed by atoms with Crippen molar-refractivity contribution in [3.8, 4) is 11.8 Å². The first-order chi connectivity index (χ1) is 15.1. The number of nitrogens with one attached hydrogen (secondary N) is 1. The maximum atomic E-state index is 12.3. The molecule has 0 spiro atoms. The maximum Gasteiger partial charge on any atom is 0.268 e. The average Bonchev–Trinajstić information content (AvgIpc) is 3.12. The number of nitrogens with zero attached hydrogens (tertiary/aromatic N) is 2. The minimum atomic E-state index is -0.678. The van der Waals surface area contributed by atoms with E-state index in [0.29, 0.717) is 17.0 Å². The molecule has 2 aliphatic heterocycles. The Morgan fingerprint density at radius 1 is 1.00 bits per heavy atom. The van der Waals surface area contributed by atoms with Gasteiger partial charge in [0.15, 0.2) is 0 Å². The van der Waals surface area contributed by atoms with Crippen LogP contribution in [-0.4, -0.2) is 65.9 Å². The van der Waals surface area contributed by atoms with Gasteiger partial charge in [-0.05, 0) is 48.4 Å². The van der Waals surface area contributed by atoms with Crippen LogP contribution in [-0.2, 0) is 16.1 Å². The number of morpholine rings is 1. The fraction of sp³-hybridized carbons (Fsp3) is 0.333. The Labute approximate surface area is 181 Å². The second kappa shape index (κ2) is 9.75. The number of carbonyl (C=O) groups excluding carboxylic acids is 2. The summed E-state index contributed by atoms with van der Waals surface area (Å²) in [5.74, 6) is 5.44. The van der Waals surface area contributed by atoms with Crippen molar-refractivity contribution in [1.29, 1.82) is 0 Å². The van der Waals surface area contributed by atoms with Crippen LogP contribution in [0.3, 0.4) is 0 Å². The largest absolute Gasteiger partial charge is 0.379 e. The van der Waals surface area contributed by atoms with Crippen molar-refractivity contribution in [2.75, 3.05) is 32.8 Å². The Kier molecular flexibility index (Phi) is 6.63. The summed E-state index contributed by atoms with van der Waals surface area (Å²) in [6, 6.07) is 14.5. The van der Waals surface area contributed by atoms with Gasteiger partial charge in [0.25, 0.3) is 11.8 Å². The quantitative estimate of drug-likeness (QED) is 0.582. The van der Waals surface area contributed by atoms with Gasteiger partial charge in [-0.15, -0.1) is 0 Å². The van der Waals surface area contributed by atoms with Crippen LogP contribution >= 0.6 is 0 Å². The van der Waals surface area contributed by atoms with Crippen LogP contribution in [0, 0.1) is 11.8 Å². The highest BCUT2D eigenvalue weighted by Crippen LogP contribution is 2.11. The molecule has 31 heavy (non-hydrogen) atoms. The van der Waals surface area contributed by atoms with Crippen molar-refractivity contribution in [3.63, 3.8) is 0 Å². The summed E-state index contributed by atoms with van der Waals surface area (Å²) in [6.45, 7) is 4.67.